The molecule has 1 aromatic heterocycles. The van der Waals surface area contributed by atoms with Gasteiger partial charge in [0.2, 0.25) is 0 Å². The second-order valence-electron chi connectivity index (χ2n) is 5.60. The van der Waals surface area contributed by atoms with E-state index in [-0.39, 0.29) is 16.8 Å². The summed E-state index contributed by atoms with van der Waals surface area (Å²) in [6.07, 6.45) is 1.19. The van der Waals surface area contributed by atoms with Gasteiger partial charge in [0.1, 0.15) is 0 Å². The van der Waals surface area contributed by atoms with Crippen molar-refractivity contribution in [3.8, 4) is 0 Å². The molecule has 1 aromatic rings. The molecule has 0 atom stereocenters. The van der Waals surface area contributed by atoms with Crippen molar-refractivity contribution in [1.82, 2.24) is 9.55 Å². The number of nitrogens with one attached hydrogen (secondary N) is 1. The number of aromatic nitrogens is 2. The van der Waals surface area contributed by atoms with E-state index in [4.69, 9.17) is 0 Å². The van der Waals surface area contributed by atoms with Gasteiger partial charge in [-0.1, -0.05) is 27.7 Å². The highest BCUT2D eigenvalue weighted by Gasteiger charge is 2.25. The van der Waals surface area contributed by atoms with E-state index in [1.807, 2.05) is 27.7 Å². The molecule has 0 saturated carbocycles. The number of H-pyrrole nitrogens is 1. The van der Waals surface area contributed by atoms with Crippen molar-refractivity contribution >= 4 is 5.78 Å². The fourth-order valence-corrected chi connectivity index (χ4v) is 1.50. The Morgan fingerprint density at radius 2 is 1.94 bits per heavy atom. The molecule has 0 aromatic carbocycles. The van der Waals surface area contributed by atoms with Crippen LogP contribution in [0.2, 0.25) is 0 Å². The zero-order chi connectivity index (χ0) is 14.1. The first-order valence-corrected chi connectivity index (χ1v) is 6.00. The summed E-state index contributed by atoms with van der Waals surface area (Å²) in [6.45, 7) is 9.66. The van der Waals surface area contributed by atoms with Gasteiger partial charge in [0, 0.05) is 12.7 Å². The van der Waals surface area contributed by atoms with E-state index >= 15 is 0 Å². The molecule has 100 valence electrons. The molecule has 1 N–H and O–H groups in total. The van der Waals surface area contributed by atoms with E-state index in [0.717, 1.165) is 4.57 Å². The first-order valence-electron chi connectivity index (χ1n) is 6.00. The van der Waals surface area contributed by atoms with Crippen LogP contribution in [0, 0.1) is 11.3 Å². The molecular weight excluding hydrogens is 232 g/mol. The number of aromatic amines is 1. The van der Waals surface area contributed by atoms with Gasteiger partial charge in [0.05, 0.1) is 5.56 Å². The Labute approximate surface area is 106 Å². The zero-order valence-corrected chi connectivity index (χ0v) is 11.5. The molecular formula is C13H20N2O3. The lowest BCUT2D eigenvalue weighted by Gasteiger charge is -2.29. The smallest absolute Gasteiger partial charge is 0.313 e. The minimum Gasteiger partial charge on any atom is -0.313 e. The van der Waals surface area contributed by atoms with Crippen LogP contribution >= 0.6 is 0 Å². The summed E-state index contributed by atoms with van der Waals surface area (Å²) in [4.78, 5) is 37.5. The molecule has 0 aliphatic rings. The number of carbonyl (C=O) groups is 1. The van der Waals surface area contributed by atoms with Crippen molar-refractivity contribution in [2.45, 2.75) is 41.2 Å². The number of Topliss-reactive ketones (excluding diaryl/α,β-unsaturated/α-hetero) is 1. The van der Waals surface area contributed by atoms with Crippen molar-refractivity contribution in [3.63, 3.8) is 0 Å². The first kappa shape index (κ1) is 14.4. The van der Waals surface area contributed by atoms with Gasteiger partial charge in [0.25, 0.3) is 5.56 Å². The van der Waals surface area contributed by atoms with Crippen LogP contribution in [0.1, 0.15) is 45.0 Å². The lowest BCUT2D eigenvalue weighted by molar-refractivity contribution is 0.101. The van der Waals surface area contributed by atoms with E-state index in [0.29, 0.717) is 12.5 Å². The Morgan fingerprint density at radius 1 is 1.39 bits per heavy atom. The molecule has 0 unspecified atom stereocenters. The molecule has 5 heteroatoms. The van der Waals surface area contributed by atoms with Crippen LogP contribution in [0.3, 0.4) is 0 Å². The number of rotatable bonds is 4. The van der Waals surface area contributed by atoms with Crippen molar-refractivity contribution in [3.05, 3.63) is 32.6 Å². The lowest BCUT2D eigenvalue weighted by Crippen LogP contribution is -2.42. The maximum absolute atomic E-state index is 12.1. The molecule has 1 rings (SSSR count). The Bertz CT molecular complexity index is 564. The fourth-order valence-electron chi connectivity index (χ4n) is 1.50. The quantitative estimate of drug-likeness (QED) is 0.824. The van der Waals surface area contributed by atoms with E-state index in [1.165, 1.54) is 13.1 Å². The van der Waals surface area contributed by atoms with E-state index in [1.54, 1.807) is 0 Å². The summed E-state index contributed by atoms with van der Waals surface area (Å²) in [5.41, 5.74) is -1.17. The van der Waals surface area contributed by atoms with Crippen LogP contribution in [-0.2, 0) is 6.54 Å². The summed E-state index contributed by atoms with van der Waals surface area (Å²) in [5, 5.41) is 0. The highest BCUT2D eigenvalue weighted by atomic mass is 16.2. The Kier molecular flexibility index (Phi) is 3.94. The minimum atomic E-state index is -0.514. The highest BCUT2D eigenvalue weighted by Crippen LogP contribution is 2.26. The minimum absolute atomic E-state index is 0.0224. The van der Waals surface area contributed by atoms with Gasteiger partial charge in [-0.3, -0.25) is 14.2 Å². The maximum atomic E-state index is 12.1. The van der Waals surface area contributed by atoms with Crippen molar-refractivity contribution in [1.29, 1.82) is 0 Å². The first-order chi connectivity index (χ1) is 8.16. The molecule has 0 aliphatic heterocycles. The normalized spacial score (nSPS) is 11.9. The number of ketones is 1. The van der Waals surface area contributed by atoms with E-state index < -0.39 is 11.2 Å². The van der Waals surface area contributed by atoms with Gasteiger partial charge < -0.3 is 4.98 Å². The van der Waals surface area contributed by atoms with Crippen molar-refractivity contribution < 1.29 is 4.79 Å². The van der Waals surface area contributed by atoms with Crippen LogP contribution in [0.5, 0.6) is 0 Å². The summed E-state index contributed by atoms with van der Waals surface area (Å²) in [5.74, 6) is -0.0304. The largest absolute Gasteiger partial charge is 0.328 e. The predicted octanol–water partition coefficient (Wildman–Crippen LogP) is 1.42. The van der Waals surface area contributed by atoms with Gasteiger partial charge >= 0.3 is 5.69 Å². The number of carbonyl (C=O) groups excluding carboxylic acids is 1. The molecule has 0 fully saturated rings. The molecule has 0 aliphatic carbocycles. The number of nitrogens with zero attached hydrogens (tertiary/aromatic N) is 1. The third-order valence-corrected chi connectivity index (χ3v) is 3.57. The van der Waals surface area contributed by atoms with Crippen molar-refractivity contribution in [2.75, 3.05) is 0 Å². The molecule has 0 spiro atoms. The molecule has 1 heterocycles. The fraction of sp³-hybridized carbons (Fsp3) is 0.615. The molecule has 0 bridgehead atoms. The molecule has 5 nitrogen and oxygen atoms in total. The number of hydrogen-bond donors (Lipinski definition) is 1. The maximum Gasteiger partial charge on any atom is 0.328 e. The van der Waals surface area contributed by atoms with Gasteiger partial charge in [0.15, 0.2) is 5.78 Å². The van der Waals surface area contributed by atoms with Crippen LogP contribution in [0.25, 0.3) is 0 Å². The molecule has 18 heavy (non-hydrogen) atoms. The predicted molar refractivity (Wildman–Crippen MR) is 69.9 cm³/mol. The monoisotopic (exact) mass is 252 g/mol. The second-order valence-corrected chi connectivity index (χ2v) is 5.60. The second kappa shape index (κ2) is 4.92. The Hall–Kier alpha value is -1.65. The summed E-state index contributed by atoms with van der Waals surface area (Å²) >= 11 is 0. The summed E-state index contributed by atoms with van der Waals surface area (Å²) in [7, 11) is 0. The van der Waals surface area contributed by atoms with Gasteiger partial charge in [-0.25, -0.2) is 4.79 Å². The lowest BCUT2D eigenvalue weighted by atomic mass is 9.81. The molecule has 0 amide bonds. The third kappa shape index (κ3) is 2.78. The Morgan fingerprint density at radius 3 is 2.39 bits per heavy atom. The van der Waals surface area contributed by atoms with Gasteiger partial charge in [-0.15, -0.1) is 0 Å². The van der Waals surface area contributed by atoms with Crippen molar-refractivity contribution in [2.24, 2.45) is 11.3 Å². The standard InChI is InChI=1S/C13H20N2O3/c1-8(2)13(4,5)7-15-11(17)10(9(3)16)6-14-12(15)18/h6,8H,7H2,1-5H3,(H,14,18). The summed E-state index contributed by atoms with van der Waals surface area (Å²) < 4.78 is 1.11. The number of hydrogen-bond acceptors (Lipinski definition) is 3. The highest BCUT2D eigenvalue weighted by molar-refractivity contribution is 5.93. The average molecular weight is 252 g/mol. The van der Waals surface area contributed by atoms with Crippen LogP contribution < -0.4 is 11.2 Å². The van der Waals surface area contributed by atoms with Crippen LogP contribution in [-0.4, -0.2) is 15.3 Å². The zero-order valence-electron chi connectivity index (χ0n) is 11.5. The third-order valence-electron chi connectivity index (χ3n) is 3.57. The Balaban J connectivity index is 3.34. The summed E-state index contributed by atoms with van der Waals surface area (Å²) in [6, 6.07) is 0. The average Bonchev–Trinajstić information content (AvgIpc) is 2.23. The molecule has 0 saturated heterocycles. The van der Waals surface area contributed by atoms with E-state index in [9.17, 15) is 14.4 Å². The topological polar surface area (TPSA) is 71.9 Å². The van der Waals surface area contributed by atoms with Gasteiger partial charge in [-0.2, -0.15) is 0 Å². The van der Waals surface area contributed by atoms with Crippen LogP contribution in [0.4, 0.5) is 0 Å². The SMILES string of the molecule is CC(=O)c1c[nH]c(=O)n(CC(C)(C)C(C)C)c1=O. The van der Waals surface area contributed by atoms with E-state index in [2.05, 4.69) is 4.98 Å². The molecule has 0 radical (unpaired) electrons. The van der Waals surface area contributed by atoms with Gasteiger partial charge in [-0.05, 0) is 18.3 Å². The van der Waals surface area contributed by atoms with Crippen LogP contribution in [0.15, 0.2) is 15.8 Å².